The molecule has 16 amide bonds. The van der Waals surface area contributed by atoms with E-state index in [0.29, 0.717) is 46.6 Å². The maximum Gasteiger partial charge on any atom is 0.305 e. The molecule has 2 aliphatic rings. The van der Waals surface area contributed by atoms with E-state index in [1.165, 1.54) is 31.2 Å². The maximum absolute atomic E-state index is 15.4. The van der Waals surface area contributed by atoms with Crippen LogP contribution in [0, 0.1) is 35.0 Å². The Labute approximate surface area is 812 Å². The molecule has 1 aliphatic carbocycles. The first kappa shape index (κ1) is 113. The van der Waals surface area contributed by atoms with Gasteiger partial charge in [0.05, 0.1) is 18.3 Å². The van der Waals surface area contributed by atoms with Gasteiger partial charge in [0, 0.05) is 48.7 Å². The summed E-state index contributed by atoms with van der Waals surface area (Å²) in [5, 5.41) is 82.7. The number of hydrogen-bond acceptors (Lipinski definition) is 23. The molecular weight excluding hydrogens is 1810 g/mol. The van der Waals surface area contributed by atoms with Gasteiger partial charge in [-0.25, -0.2) is 0 Å². The van der Waals surface area contributed by atoms with E-state index >= 15 is 28.8 Å². The number of H-pyrrole nitrogens is 1. The zero-order valence-corrected chi connectivity index (χ0v) is 81.2. The van der Waals surface area contributed by atoms with E-state index in [0.717, 1.165) is 37.3 Å². The van der Waals surface area contributed by atoms with Crippen molar-refractivity contribution >= 4 is 129 Å². The van der Waals surface area contributed by atoms with Gasteiger partial charge in [-0.3, -0.25) is 86.9 Å². The second-order valence-electron chi connectivity index (χ2n) is 36.9. The third-order valence-corrected chi connectivity index (χ3v) is 25.0. The van der Waals surface area contributed by atoms with Gasteiger partial charge in [-0.15, -0.1) is 11.8 Å². The molecule has 16 atom stereocenters. The number of rotatable bonds is 29. The van der Waals surface area contributed by atoms with Crippen LogP contribution in [-0.4, -0.2) is 255 Å². The summed E-state index contributed by atoms with van der Waals surface area (Å²) >= 11 is 0.695. The van der Waals surface area contributed by atoms with E-state index in [1.807, 2.05) is 30.3 Å². The molecule has 2 heterocycles. The predicted octanol–water partition coefficient (Wildman–Crippen LogP) is -0.717. The Kier molecular flexibility index (Phi) is 45.4. The first-order valence-electron chi connectivity index (χ1n) is 47.2. The second-order valence-corrected chi connectivity index (χ2v) is 37.9. The zero-order chi connectivity index (χ0) is 102. The van der Waals surface area contributed by atoms with Crippen LogP contribution in [0.3, 0.4) is 0 Å². The topological polar surface area (TPSA) is 687 Å². The monoisotopic (exact) mass is 1950 g/mol. The lowest BCUT2D eigenvalue weighted by Crippen LogP contribution is -2.63. The van der Waals surface area contributed by atoms with E-state index in [1.54, 1.807) is 110 Å². The molecule has 760 valence electrons. The molecule has 43 heteroatoms. The fourth-order valence-electron chi connectivity index (χ4n) is 16.1. The van der Waals surface area contributed by atoms with Crippen molar-refractivity contribution in [3.63, 3.8) is 0 Å². The number of amides is 16. The van der Waals surface area contributed by atoms with E-state index in [9.17, 15) is 68.1 Å². The Bertz CT molecular complexity index is 5040. The van der Waals surface area contributed by atoms with Crippen LogP contribution in [0.4, 0.5) is 0 Å². The van der Waals surface area contributed by atoms with Crippen molar-refractivity contribution in [1.29, 1.82) is 5.41 Å². The van der Waals surface area contributed by atoms with Crippen molar-refractivity contribution in [1.82, 2.24) is 90.1 Å². The average molecular weight is 1950 g/mol. The first-order chi connectivity index (χ1) is 65.9. The number of nitrogens with two attached hydrogens (primary N) is 4. The summed E-state index contributed by atoms with van der Waals surface area (Å²) in [4.78, 5) is 252. The van der Waals surface area contributed by atoms with E-state index in [-0.39, 0.29) is 101 Å². The summed E-state index contributed by atoms with van der Waals surface area (Å²) in [6.45, 7) is 15.2. The molecule has 0 spiro atoms. The Morgan fingerprint density at radius 3 is 1.42 bits per heavy atom. The van der Waals surface area contributed by atoms with Gasteiger partial charge in [-0.05, 0) is 147 Å². The summed E-state index contributed by atoms with van der Waals surface area (Å²) in [5.41, 5.74) is 26.8. The number of aromatic hydroxyl groups is 1. The fourth-order valence-corrected chi connectivity index (χ4v) is 17.0. The molecule has 29 N–H and O–H groups in total. The molecule has 0 radical (unpaired) electrons. The lowest BCUT2D eigenvalue weighted by atomic mass is 9.84. The minimum absolute atomic E-state index is 0.00585. The molecule has 1 saturated heterocycles. The van der Waals surface area contributed by atoms with Crippen molar-refractivity contribution in [2.24, 2.45) is 52.5 Å². The number of hydrogen-bond donors (Lipinski definition) is 25. The first-order valence-corrected chi connectivity index (χ1v) is 48.4. The maximum atomic E-state index is 15.4. The smallest absolute Gasteiger partial charge is 0.305 e. The number of fused-ring (bicyclic) bond motifs is 1. The van der Waals surface area contributed by atoms with Crippen LogP contribution >= 0.6 is 11.8 Å². The number of nitrogens with one attached hydrogen (secondary N) is 18. The van der Waals surface area contributed by atoms with Gasteiger partial charge in [-0.2, -0.15) is 0 Å². The molecule has 2 fully saturated rings. The average Bonchev–Trinajstić information content (AvgIpc) is 1.74. The number of carboxylic acids is 1. The highest BCUT2D eigenvalue weighted by Gasteiger charge is 2.42. The third-order valence-electron chi connectivity index (χ3n) is 23.9. The highest BCUT2D eigenvalue weighted by Crippen LogP contribution is 2.29. The molecule has 1 aliphatic heterocycles. The molecule has 1 aromatic heterocycles. The van der Waals surface area contributed by atoms with Gasteiger partial charge in [-0.1, -0.05) is 172 Å². The summed E-state index contributed by atoms with van der Waals surface area (Å²) in [6.07, 6.45) is 0.985. The minimum atomic E-state index is -2.08. The summed E-state index contributed by atoms with van der Waals surface area (Å²) in [6, 6.07) is 4.65. The molecule has 139 heavy (non-hydrogen) atoms. The van der Waals surface area contributed by atoms with Gasteiger partial charge in [0.15, 0.2) is 5.96 Å². The zero-order valence-electron chi connectivity index (χ0n) is 80.4. The van der Waals surface area contributed by atoms with Crippen LogP contribution in [-0.2, 0) is 101 Å². The minimum Gasteiger partial charge on any atom is -0.508 e. The van der Waals surface area contributed by atoms with Crippen molar-refractivity contribution in [2.75, 3.05) is 31.1 Å². The molecule has 1 saturated carbocycles. The van der Waals surface area contributed by atoms with Crippen LogP contribution in [0.5, 0.6) is 5.75 Å². The summed E-state index contributed by atoms with van der Waals surface area (Å²) in [7, 11) is 0. The lowest BCUT2D eigenvalue weighted by molar-refractivity contribution is -0.141. The number of aliphatic carboxylic acids is 1. The van der Waals surface area contributed by atoms with Gasteiger partial charge >= 0.3 is 5.97 Å². The number of carboxylic acid groups (broad SMARTS) is 1. The van der Waals surface area contributed by atoms with Gasteiger partial charge in [0.25, 0.3) is 0 Å². The number of benzene rings is 4. The van der Waals surface area contributed by atoms with E-state index in [2.05, 4.69) is 90.1 Å². The predicted molar refractivity (Wildman–Crippen MR) is 521 cm³/mol. The van der Waals surface area contributed by atoms with Crippen LogP contribution in [0.2, 0.25) is 0 Å². The number of guanidine groups is 1. The number of carbonyl (C=O) groups excluding carboxylic acids is 16. The number of para-hydroxylation sites is 1. The van der Waals surface area contributed by atoms with E-state index in [4.69, 9.17) is 28.3 Å². The molecule has 5 aromatic rings. The number of carbonyl (C=O) groups is 17. The number of thioether (sulfide) groups is 1. The number of phenolic OH excluding ortho intramolecular Hbond substituents is 1. The normalized spacial score (nSPS) is 24.0. The van der Waals surface area contributed by atoms with Gasteiger partial charge in [0.2, 0.25) is 94.5 Å². The number of aromatic nitrogens is 1. The molecule has 42 nitrogen and oxygen atoms in total. The Hall–Kier alpha value is -13.3. The number of aliphatic hydroxyl groups excluding tert-OH is 1. The Balaban J connectivity index is 1.34. The quantitative estimate of drug-likeness (QED) is 0.0160. The van der Waals surface area contributed by atoms with Crippen molar-refractivity contribution in [3.05, 3.63) is 126 Å². The van der Waals surface area contributed by atoms with Crippen LogP contribution < -0.4 is 108 Å². The Morgan fingerprint density at radius 2 is 0.892 bits per heavy atom. The number of aromatic amines is 1. The highest BCUT2D eigenvalue weighted by atomic mass is 32.2. The van der Waals surface area contributed by atoms with E-state index < -0.39 is 245 Å². The number of primary amides is 1. The summed E-state index contributed by atoms with van der Waals surface area (Å²) < 4.78 is 0. The van der Waals surface area contributed by atoms with Gasteiger partial charge < -0.3 is 128 Å². The molecular formula is C96H140N22O20S. The van der Waals surface area contributed by atoms with Crippen molar-refractivity contribution in [2.45, 2.75) is 269 Å². The molecule has 1 unspecified atom stereocenters. The Morgan fingerprint density at radius 1 is 0.460 bits per heavy atom. The number of phenols is 1. The highest BCUT2D eigenvalue weighted by molar-refractivity contribution is 8.00. The van der Waals surface area contributed by atoms with Crippen LogP contribution in [0.15, 0.2) is 109 Å². The molecule has 7 rings (SSSR count). The van der Waals surface area contributed by atoms with Crippen LogP contribution in [0.1, 0.15) is 169 Å². The molecule has 4 aromatic carbocycles. The van der Waals surface area contributed by atoms with Gasteiger partial charge in [0.1, 0.15) is 96.4 Å². The van der Waals surface area contributed by atoms with Crippen LogP contribution in [0.25, 0.3) is 22.0 Å². The molecule has 0 bridgehead atoms. The third kappa shape index (κ3) is 36.5. The lowest BCUT2D eigenvalue weighted by Gasteiger charge is -2.31. The van der Waals surface area contributed by atoms with Crippen molar-refractivity contribution < 1.29 is 96.8 Å². The second kappa shape index (κ2) is 55.9. The largest absolute Gasteiger partial charge is 0.508 e. The SMILES string of the molecule is CC(C)C[C@H]1NC(=O)[C@H](CCCN)NC(=O)[C@H](C(C)C)NC(=O)[C@H](Cc2ccc(-c3ccccc3)cc2)NC(=O)[C@H](C(C)C)NC(=O)[C@H](Cc2c[nH]c3ccccc23)NC(=O)[C@H](CC(=O)O)NC(=O)[C@H](Cc2ccc(O)cc2)NC(=O)[C@H](CCCNC(=N)N)NC(=O)CSC[C@@H](C(=O)N[C@@H](C)C(N)=O)NC(=O)[C@H](C(C)O)NC(=O)[C@H](C(C)C)NC(=O)[C@H](CC2CCCCC2)NC(=O)[C@H](CCN)NC1=O. The van der Waals surface area contributed by atoms with Crippen molar-refractivity contribution in [3.8, 4) is 16.9 Å². The summed E-state index contributed by atoms with van der Waals surface area (Å²) in [5.74, 6) is -22.2. The fraction of sp³-hybridized carbons (Fsp3) is 0.542. The standard InChI is InChI=1S/C96H140N22O20S/c1-50(2)41-68-85(128)106-67(37-39-98)84(127)110-70(42-56-21-13-11-14-22-56)88(131)117-79(53(7)8)94(137)118-80(55(10)119)95(138)114-74(91(134)104-54(9)81(99)124)48-139-49-75(121)105-65(28-20-40-102-96(100)101)82(125)109-69(44-58-31-35-62(120)36-32-58)86(129)112-73(46-76(122)123)87(130)111-72(45-61-47-103-64-26-18-17-25-63(61)64)90(133)116-78(52(5)6)93(136)113-71(43-57-29-33-60(34-30-57)59-23-15-12-16-24-59)89(132)115-77(51(3)4)92(135)107-66(27-19-38-97)83(126)108-68/h12,15-18,23-26,29-36,47,50-56,65-74,77-80,103,119-120H,11,13-14,19-22,27-28,37-46,48-49,97-98H2,1-10H3,(H2,99,124)(H,104,134)(H,105,121)(H,106,128)(H,107,135)(H,108,126)(H,109,125)(H,110,127)(H,111,130)(H,112,129)(H,113,136)(H,114,138)(H,115,132)(H,116,133)(H,117,131)(H,118,137)(H,122,123)(H4,100,101,102)/t54-,55?,65-,66-,67-,68+,69-,70-,71-,72-,73-,74-,77-,78-,79-,80-/m0/s1. The number of aliphatic hydroxyl groups is 1.